The third-order valence-electron chi connectivity index (χ3n) is 1.94. The van der Waals surface area contributed by atoms with Crippen molar-refractivity contribution in [2.75, 3.05) is 0 Å². The number of fused-ring (bicyclic) bond motifs is 1. The zero-order valence-corrected chi connectivity index (χ0v) is 9.27. The minimum Gasteiger partial charge on any atom is -0.205 e. The third-order valence-corrected chi connectivity index (χ3v) is 3.72. The number of hydrogen-bond acceptors (Lipinski definition) is 2. The van der Waals surface area contributed by atoms with Gasteiger partial charge in [-0.25, -0.2) is 8.78 Å². The Morgan fingerprint density at radius 2 is 2.14 bits per heavy atom. The molecule has 0 aliphatic heterocycles. The monoisotopic (exact) mass is 250 g/mol. The maximum Gasteiger partial charge on any atom is 0.265 e. The molecule has 0 aliphatic rings. The highest BCUT2D eigenvalue weighted by Crippen LogP contribution is 2.39. The molecule has 1 aromatic carbocycles. The predicted molar refractivity (Wildman–Crippen MR) is 59.0 cm³/mol. The van der Waals surface area contributed by atoms with Crippen molar-refractivity contribution in [1.29, 1.82) is 0 Å². The van der Waals surface area contributed by atoms with Gasteiger partial charge < -0.3 is 0 Å². The summed E-state index contributed by atoms with van der Waals surface area (Å²) >= 11 is 11.2. The minimum absolute atomic E-state index is 0.0721. The molecular formula is C9H5ClF2S2. The first kappa shape index (κ1) is 10.2. The lowest BCUT2D eigenvalue weighted by atomic mass is 10.1. The molecule has 0 fully saturated rings. The minimum atomic E-state index is -2.54. The van der Waals surface area contributed by atoms with Crippen LogP contribution in [-0.4, -0.2) is 0 Å². The fourth-order valence-electron chi connectivity index (χ4n) is 1.32. The maximum atomic E-state index is 12.7. The molecule has 1 aromatic heterocycles. The number of alkyl halides is 2. The van der Waals surface area contributed by atoms with E-state index in [2.05, 4.69) is 12.6 Å². The molecule has 0 saturated heterocycles. The van der Waals surface area contributed by atoms with Gasteiger partial charge in [0.25, 0.3) is 6.43 Å². The van der Waals surface area contributed by atoms with E-state index >= 15 is 0 Å². The summed E-state index contributed by atoms with van der Waals surface area (Å²) in [5.41, 5.74) is -0.0721. The average molecular weight is 251 g/mol. The highest BCUT2D eigenvalue weighted by molar-refractivity contribution is 7.80. The maximum absolute atomic E-state index is 12.7. The second kappa shape index (κ2) is 3.68. The van der Waals surface area contributed by atoms with Crippen molar-refractivity contribution < 1.29 is 8.78 Å². The molecule has 0 atom stereocenters. The van der Waals surface area contributed by atoms with Crippen molar-refractivity contribution in [1.82, 2.24) is 0 Å². The van der Waals surface area contributed by atoms with Gasteiger partial charge in [-0.15, -0.1) is 24.0 Å². The van der Waals surface area contributed by atoms with Crippen LogP contribution in [0.2, 0.25) is 5.02 Å². The van der Waals surface area contributed by atoms with Gasteiger partial charge in [-0.1, -0.05) is 11.6 Å². The number of rotatable bonds is 1. The summed E-state index contributed by atoms with van der Waals surface area (Å²) in [6.45, 7) is 0. The van der Waals surface area contributed by atoms with E-state index in [1.54, 1.807) is 17.5 Å². The Bertz CT molecular complexity index is 479. The normalized spacial score (nSPS) is 11.5. The number of hydrogen-bond donors (Lipinski definition) is 1. The highest BCUT2D eigenvalue weighted by atomic mass is 35.5. The number of benzene rings is 1. The Balaban J connectivity index is 2.86. The Hall–Kier alpha value is -0.320. The van der Waals surface area contributed by atoms with Crippen molar-refractivity contribution in [2.24, 2.45) is 0 Å². The molecule has 0 amide bonds. The quantitative estimate of drug-likeness (QED) is 0.692. The van der Waals surface area contributed by atoms with E-state index in [0.717, 1.165) is 4.70 Å². The van der Waals surface area contributed by atoms with Gasteiger partial charge in [-0.05, 0) is 17.5 Å². The number of halogens is 3. The van der Waals surface area contributed by atoms with Crippen molar-refractivity contribution >= 4 is 45.7 Å². The van der Waals surface area contributed by atoms with Gasteiger partial charge in [0.1, 0.15) is 0 Å². The van der Waals surface area contributed by atoms with Crippen LogP contribution < -0.4 is 0 Å². The lowest BCUT2D eigenvalue weighted by molar-refractivity contribution is 0.150. The zero-order valence-electron chi connectivity index (χ0n) is 6.80. The lowest BCUT2D eigenvalue weighted by Gasteiger charge is -2.07. The van der Waals surface area contributed by atoms with Crippen LogP contribution >= 0.6 is 35.6 Å². The second-order valence-electron chi connectivity index (χ2n) is 2.75. The van der Waals surface area contributed by atoms with Crippen LogP contribution in [0.4, 0.5) is 8.78 Å². The molecular weight excluding hydrogens is 246 g/mol. The summed E-state index contributed by atoms with van der Waals surface area (Å²) in [6.07, 6.45) is -2.54. The highest BCUT2D eigenvalue weighted by Gasteiger charge is 2.18. The molecule has 5 heteroatoms. The number of thiol groups is 1. The SMILES string of the molecule is FC(F)c1c(S)c(Cl)cc2sccc12. The summed E-state index contributed by atoms with van der Waals surface area (Å²) in [5, 5.41) is 2.58. The first-order chi connectivity index (χ1) is 6.61. The van der Waals surface area contributed by atoms with Crippen LogP contribution in [0.25, 0.3) is 10.1 Å². The largest absolute Gasteiger partial charge is 0.265 e. The molecule has 0 aliphatic carbocycles. The van der Waals surface area contributed by atoms with Crippen LogP contribution in [0, 0.1) is 0 Å². The van der Waals surface area contributed by atoms with Crippen molar-refractivity contribution in [2.45, 2.75) is 11.3 Å². The zero-order chi connectivity index (χ0) is 10.3. The summed E-state index contributed by atoms with van der Waals surface area (Å²) in [7, 11) is 0. The Kier molecular flexibility index (Phi) is 2.68. The fraction of sp³-hybridized carbons (Fsp3) is 0.111. The lowest BCUT2D eigenvalue weighted by Crippen LogP contribution is -1.88. The van der Waals surface area contributed by atoms with Crippen LogP contribution in [0.15, 0.2) is 22.4 Å². The molecule has 0 radical (unpaired) electrons. The standard InChI is InChI=1S/C9H5ClF2S2/c10-5-3-6-4(1-2-14-6)7(8(5)13)9(11)12/h1-3,9,13H. The van der Waals surface area contributed by atoms with Crippen LogP contribution in [-0.2, 0) is 0 Å². The molecule has 0 nitrogen and oxygen atoms in total. The van der Waals surface area contributed by atoms with E-state index in [0.29, 0.717) is 5.39 Å². The van der Waals surface area contributed by atoms with E-state index in [-0.39, 0.29) is 15.5 Å². The van der Waals surface area contributed by atoms with E-state index in [1.165, 1.54) is 11.3 Å². The van der Waals surface area contributed by atoms with Crippen LogP contribution in [0.5, 0.6) is 0 Å². The summed E-state index contributed by atoms with van der Waals surface area (Å²) in [5.74, 6) is 0. The van der Waals surface area contributed by atoms with E-state index in [1.807, 2.05) is 0 Å². The molecule has 0 spiro atoms. The van der Waals surface area contributed by atoms with Gasteiger partial charge in [0.05, 0.1) is 5.02 Å². The predicted octanol–water partition coefficient (Wildman–Crippen LogP) is 4.78. The van der Waals surface area contributed by atoms with Gasteiger partial charge in [0.2, 0.25) is 0 Å². The molecule has 2 aromatic rings. The molecule has 0 bridgehead atoms. The topological polar surface area (TPSA) is 0 Å². The molecule has 1 heterocycles. The van der Waals surface area contributed by atoms with Crippen molar-refractivity contribution in [3.05, 3.63) is 28.1 Å². The van der Waals surface area contributed by atoms with Gasteiger partial charge in [-0.3, -0.25) is 0 Å². The summed E-state index contributed by atoms with van der Waals surface area (Å²) < 4.78 is 26.2. The molecule has 0 N–H and O–H groups in total. The van der Waals surface area contributed by atoms with Gasteiger partial charge in [-0.2, -0.15) is 0 Å². The smallest absolute Gasteiger partial charge is 0.205 e. The summed E-state index contributed by atoms with van der Waals surface area (Å²) in [4.78, 5) is 0.174. The van der Waals surface area contributed by atoms with E-state index in [4.69, 9.17) is 11.6 Å². The molecule has 14 heavy (non-hydrogen) atoms. The van der Waals surface area contributed by atoms with Crippen LogP contribution in [0.3, 0.4) is 0 Å². The number of thiophene rings is 1. The Labute approximate surface area is 93.9 Å². The van der Waals surface area contributed by atoms with Crippen molar-refractivity contribution in [3.63, 3.8) is 0 Å². The molecule has 2 rings (SSSR count). The Morgan fingerprint density at radius 1 is 1.43 bits per heavy atom. The van der Waals surface area contributed by atoms with Gasteiger partial charge in [0, 0.05) is 20.5 Å². The first-order valence-electron chi connectivity index (χ1n) is 3.78. The third kappa shape index (κ3) is 1.51. The van der Waals surface area contributed by atoms with E-state index in [9.17, 15) is 8.78 Å². The average Bonchev–Trinajstić information content (AvgIpc) is 2.52. The second-order valence-corrected chi connectivity index (χ2v) is 4.56. The fourth-order valence-corrected chi connectivity index (χ4v) is 2.72. The van der Waals surface area contributed by atoms with Crippen molar-refractivity contribution in [3.8, 4) is 0 Å². The van der Waals surface area contributed by atoms with E-state index < -0.39 is 6.43 Å². The first-order valence-corrected chi connectivity index (χ1v) is 5.48. The summed E-state index contributed by atoms with van der Waals surface area (Å²) in [6, 6.07) is 3.33. The molecule has 0 saturated carbocycles. The molecule has 74 valence electrons. The Morgan fingerprint density at radius 3 is 2.79 bits per heavy atom. The van der Waals surface area contributed by atoms with Gasteiger partial charge in [0.15, 0.2) is 0 Å². The molecule has 0 unspecified atom stereocenters. The van der Waals surface area contributed by atoms with Gasteiger partial charge >= 0.3 is 0 Å². The van der Waals surface area contributed by atoms with Crippen LogP contribution in [0.1, 0.15) is 12.0 Å².